The number of rotatable bonds is 1. The van der Waals surface area contributed by atoms with Crippen LogP contribution in [-0.4, -0.2) is 4.57 Å². The predicted molar refractivity (Wildman–Crippen MR) is 113 cm³/mol. The van der Waals surface area contributed by atoms with Crippen molar-refractivity contribution in [3.8, 4) is 0 Å². The van der Waals surface area contributed by atoms with Crippen LogP contribution in [0.25, 0.3) is 44.5 Å². The first-order chi connectivity index (χ1) is 13.3. The summed E-state index contributed by atoms with van der Waals surface area (Å²) in [6.45, 7) is 2.14. The first-order valence-electron chi connectivity index (χ1n) is 9.51. The van der Waals surface area contributed by atoms with E-state index < -0.39 is 0 Å². The zero-order chi connectivity index (χ0) is 18.0. The lowest BCUT2D eigenvalue weighted by atomic mass is 9.99. The molecule has 1 aliphatic carbocycles. The van der Waals surface area contributed by atoms with E-state index in [1.807, 2.05) is 0 Å². The molecule has 0 radical (unpaired) electrons. The molecule has 0 spiro atoms. The van der Waals surface area contributed by atoms with E-state index in [1.54, 1.807) is 0 Å². The molecule has 2 heteroatoms. The number of furan rings is 1. The average molecular weight is 349 g/mol. The predicted octanol–water partition coefficient (Wildman–Crippen LogP) is 6.79. The number of aryl methyl sites for hydroxylation is 2. The highest BCUT2D eigenvalue weighted by atomic mass is 16.3. The van der Waals surface area contributed by atoms with Gasteiger partial charge in [-0.1, -0.05) is 48.0 Å². The quantitative estimate of drug-likeness (QED) is 0.326. The summed E-state index contributed by atoms with van der Waals surface area (Å²) in [4.78, 5) is 0. The van der Waals surface area contributed by atoms with Gasteiger partial charge in [-0.2, -0.15) is 0 Å². The number of hydrogen-bond acceptors (Lipinski definition) is 1. The lowest BCUT2D eigenvalue weighted by Gasteiger charge is -2.16. The molecule has 5 aromatic rings. The summed E-state index contributed by atoms with van der Waals surface area (Å²) in [5, 5.41) is 3.85. The summed E-state index contributed by atoms with van der Waals surface area (Å²) in [5.41, 5.74) is 7.39. The van der Waals surface area contributed by atoms with Crippen molar-refractivity contribution in [3.05, 3.63) is 83.6 Å². The van der Waals surface area contributed by atoms with Gasteiger partial charge in [0.2, 0.25) is 0 Å². The maximum Gasteiger partial charge on any atom is 0.134 e. The molecule has 130 valence electrons. The van der Waals surface area contributed by atoms with E-state index in [0.717, 1.165) is 24.2 Å². The molecule has 0 amide bonds. The largest absolute Gasteiger partial charge is 0.460 e. The molecule has 0 atom stereocenters. The van der Waals surface area contributed by atoms with Crippen LogP contribution in [0.2, 0.25) is 0 Å². The molecule has 3 aromatic carbocycles. The molecule has 27 heavy (non-hydrogen) atoms. The van der Waals surface area contributed by atoms with Crippen molar-refractivity contribution in [2.75, 3.05) is 0 Å². The number of hydrogen-bond donors (Lipinski definition) is 0. The Bertz CT molecular complexity index is 1330. The Labute approximate surface area is 157 Å². The Balaban J connectivity index is 1.67. The van der Waals surface area contributed by atoms with Crippen LogP contribution in [-0.2, 0) is 6.42 Å². The minimum atomic E-state index is 0.940. The van der Waals surface area contributed by atoms with Crippen LogP contribution >= 0.6 is 0 Å². The van der Waals surface area contributed by atoms with Crippen LogP contribution in [0.1, 0.15) is 23.3 Å². The van der Waals surface area contributed by atoms with E-state index in [1.165, 1.54) is 44.0 Å². The monoisotopic (exact) mass is 349 g/mol. The molecule has 0 N–H and O–H groups in total. The number of benzene rings is 3. The molecular weight excluding hydrogens is 330 g/mol. The molecule has 0 unspecified atom stereocenters. The molecule has 2 nitrogen and oxygen atoms in total. The van der Waals surface area contributed by atoms with Crippen LogP contribution in [0.4, 0.5) is 0 Å². The van der Waals surface area contributed by atoms with Crippen LogP contribution in [0.15, 0.2) is 71.1 Å². The number of allylic oxidation sites excluding steroid dienone is 1. The van der Waals surface area contributed by atoms with Gasteiger partial charge in [0, 0.05) is 33.8 Å². The van der Waals surface area contributed by atoms with Gasteiger partial charge in [-0.3, -0.25) is 0 Å². The maximum atomic E-state index is 6.13. The van der Waals surface area contributed by atoms with Crippen molar-refractivity contribution in [2.24, 2.45) is 0 Å². The number of fused-ring (bicyclic) bond motifs is 6. The third-order valence-electron chi connectivity index (χ3n) is 5.75. The first-order valence-corrected chi connectivity index (χ1v) is 9.51. The van der Waals surface area contributed by atoms with Crippen molar-refractivity contribution in [1.29, 1.82) is 0 Å². The van der Waals surface area contributed by atoms with Gasteiger partial charge >= 0.3 is 0 Å². The summed E-state index contributed by atoms with van der Waals surface area (Å²) >= 11 is 0. The Morgan fingerprint density at radius 2 is 1.48 bits per heavy atom. The number of nitrogens with zero attached hydrogens (tertiary/aromatic N) is 1. The number of aromatic nitrogens is 1. The Kier molecular flexibility index (Phi) is 2.96. The van der Waals surface area contributed by atoms with Gasteiger partial charge in [-0.05, 0) is 43.7 Å². The normalized spacial score (nSPS) is 14.0. The Morgan fingerprint density at radius 1 is 0.778 bits per heavy atom. The summed E-state index contributed by atoms with van der Waals surface area (Å²) in [5.74, 6) is 1.11. The van der Waals surface area contributed by atoms with Crippen LogP contribution in [0.5, 0.6) is 0 Å². The van der Waals surface area contributed by atoms with E-state index in [-0.39, 0.29) is 0 Å². The van der Waals surface area contributed by atoms with Gasteiger partial charge in [0.25, 0.3) is 0 Å². The second-order valence-corrected chi connectivity index (χ2v) is 7.44. The van der Waals surface area contributed by atoms with Crippen LogP contribution in [0.3, 0.4) is 0 Å². The summed E-state index contributed by atoms with van der Waals surface area (Å²) < 4.78 is 8.57. The van der Waals surface area contributed by atoms with Gasteiger partial charge in [0.05, 0.1) is 11.0 Å². The fourth-order valence-corrected chi connectivity index (χ4v) is 4.51. The van der Waals surface area contributed by atoms with E-state index >= 15 is 0 Å². The van der Waals surface area contributed by atoms with E-state index in [9.17, 15) is 0 Å². The minimum Gasteiger partial charge on any atom is -0.460 e. The van der Waals surface area contributed by atoms with Crippen molar-refractivity contribution in [2.45, 2.75) is 19.8 Å². The minimum absolute atomic E-state index is 0.940. The molecule has 0 saturated carbocycles. The molecule has 0 fully saturated rings. The zero-order valence-electron chi connectivity index (χ0n) is 15.2. The zero-order valence-corrected chi connectivity index (χ0v) is 15.2. The van der Waals surface area contributed by atoms with Crippen molar-refractivity contribution in [3.63, 3.8) is 0 Å². The van der Waals surface area contributed by atoms with Gasteiger partial charge in [-0.15, -0.1) is 0 Å². The highest BCUT2D eigenvalue weighted by Crippen LogP contribution is 2.39. The van der Waals surface area contributed by atoms with E-state index in [2.05, 4.69) is 84.3 Å². The van der Waals surface area contributed by atoms with E-state index in [0.29, 0.717) is 0 Å². The van der Waals surface area contributed by atoms with Crippen LogP contribution in [0, 0.1) is 6.92 Å². The van der Waals surface area contributed by atoms with Gasteiger partial charge < -0.3 is 8.98 Å². The molecule has 0 aliphatic heterocycles. The van der Waals surface area contributed by atoms with Gasteiger partial charge in [0.1, 0.15) is 11.3 Å². The molecule has 2 heterocycles. The second-order valence-electron chi connectivity index (χ2n) is 7.44. The van der Waals surface area contributed by atoms with Gasteiger partial charge in [-0.25, -0.2) is 0 Å². The van der Waals surface area contributed by atoms with Gasteiger partial charge in [0.15, 0.2) is 0 Å². The third kappa shape index (κ3) is 2.07. The smallest absolute Gasteiger partial charge is 0.134 e. The lowest BCUT2D eigenvalue weighted by Crippen LogP contribution is -2.03. The average Bonchev–Trinajstić information content (AvgIpc) is 3.23. The van der Waals surface area contributed by atoms with Crippen molar-refractivity contribution in [1.82, 2.24) is 4.57 Å². The molecule has 6 rings (SSSR count). The topological polar surface area (TPSA) is 18.1 Å². The maximum absolute atomic E-state index is 6.13. The summed E-state index contributed by atoms with van der Waals surface area (Å²) in [6, 6.07) is 23.9. The summed E-state index contributed by atoms with van der Waals surface area (Å²) in [7, 11) is 0. The van der Waals surface area contributed by atoms with E-state index in [4.69, 9.17) is 4.42 Å². The second kappa shape index (κ2) is 5.37. The SMILES string of the molecule is Cc1ccc2oc3c(c2c1)C=C(n1c2ccccc2c2ccccc21)CC3. The molecular formula is C25H19NO. The summed E-state index contributed by atoms with van der Waals surface area (Å²) in [6.07, 6.45) is 4.26. The fourth-order valence-electron chi connectivity index (χ4n) is 4.51. The first kappa shape index (κ1) is 14.9. The molecule has 2 aromatic heterocycles. The van der Waals surface area contributed by atoms with Crippen molar-refractivity contribution >= 4 is 44.5 Å². The van der Waals surface area contributed by atoms with Crippen LogP contribution < -0.4 is 0 Å². The highest BCUT2D eigenvalue weighted by molar-refractivity contribution is 6.11. The molecule has 1 aliphatic rings. The molecule has 0 bridgehead atoms. The third-order valence-corrected chi connectivity index (χ3v) is 5.75. The molecule has 0 saturated heterocycles. The Morgan fingerprint density at radius 3 is 2.22 bits per heavy atom. The lowest BCUT2D eigenvalue weighted by molar-refractivity contribution is 0.546. The fraction of sp³-hybridized carbons (Fsp3) is 0.120. The van der Waals surface area contributed by atoms with Crippen molar-refractivity contribution < 1.29 is 4.42 Å². The number of para-hydroxylation sites is 2. The standard InChI is InChI=1S/C25H19NO/c1-16-10-12-24-20(14-16)21-15-17(11-13-25(21)27-24)26-22-8-4-2-6-18(22)19-7-3-5-9-23(19)26/h2-10,12,14-15H,11,13H2,1H3. The highest BCUT2D eigenvalue weighted by Gasteiger charge is 2.21. The Hall–Kier alpha value is -3.26.